The van der Waals surface area contributed by atoms with Gasteiger partial charge in [-0.25, -0.2) is 0 Å². The lowest BCUT2D eigenvalue weighted by Crippen LogP contribution is -2.49. The third-order valence-corrected chi connectivity index (χ3v) is 5.72. The second-order valence-electron chi connectivity index (χ2n) is 7.99. The molecule has 8 heteroatoms. The van der Waals surface area contributed by atoms with Crippen molar-refractivity contribution in [3.63, 3.8) is 0 Å². The predicted octanol–water partition coefficient (Wildman–Crippen LogP) is 4.01. The van der Waals surface area contributed by atoms with E-state index < -0.39 is 11.0 Å². The number of anilines is 1. The van der Waals surface area contributed by atoms with Gasteiger partial charge in [0.2, 0.25) is 11.8 Å². The number of nitrogens with zero attached hydrogens (tertiary/aromatic N) is 2. The first-order valence-electron chi connectivity index (χ1n) is 10.8. The second-order valence-corrected chi connectivity index (χ2v) is 7.99. The number of rotatable bonds is 8. The van der Waals surface area contributed by atoms with Gasteiger partial charge in [-0.05, 0) is 23.3 Å². The normalized spacial score (nSPS) is 11.7. The Labute approximate surface area is 196 Å². The van der Waals surface area contributed by atoms with Gasteiger partial charge in [-0.1, -0.05) is 60.7 Å². The van der Waals surface area contributed by atoms with Crippen LogP contribution in [0.1, 0.15) is 11.1 Å². The zero-order valence-corrected chi connectivity index (χ0v) is 18.6. The molecular formula is C26H24N4O4. The van der Waals surface area contributed by atoms with Gasteiger partial charge in [-0.3, -0.25) is 19.7 Å². The molecule has 1 unspecified atom stereocenters. The molecule has 0 spiro atoms. The first-order valence-corrected chi connectivity index (χ1v) is 10.8. The number of hydrogen-bond acceptors (Lipinski definition) is 4. The molecule has 0 aliphatic carbocycles. The average molecular weight is 457 g/mol. The smallest absolute Gasteiger partial charge is 0.293 e. The summed E-state index contributed by atoms with van der Waals surface area (Å²) < 4.78 is 0. The molecule has 34 heavy (non-hydrogen) atoms. The quantitative estimate of drug-likeness (QED) is 0.308. The van der Waals surface area contributed by atoms with Crippen molar-refractivity contribution in [2.45, 2.75) is 18.9 Å². The third-order valence-electron chi connectivity index (χ3n) is 5.72. The van der Waals surface area contributed by atoms with Crippen molar-refractivity contribution in [1.29, 1.82) is 0 Å². The highest BCUT2D eigenvalue weighted by Gasteiger charge is 2.26. The molecule has 3 aromatic carbocycles. The molecule has 4 rings (SSSR count). The lowest BCUT2D eigenvalue weighted by molar-refractivity contribution is -0.383. The monoisotopic (exact) mass is 456 g/mol. The number of likely N-dealkylation sites (N-methyl/N-ethyl adjacent to an activating group) is 1. The molecule has 1 aromatic heterocycles. The number of carbonyl (C=O) groups is 2. The molecule has 0 saturated heterocycles. The summed E-state index contributed by atoms with van der Waals surface area (Å²) >= 11 is 0. The first kappa shape index (κ1) is 22.7. The van der Waals surface area contributed by atoms with Crippen LogP contribution in [0.4, 0.5) is 11.4 Å². The molecular weight excluding hydrogens is 432 g/mol. The zero-order chi connectivity index (χ0) is 24.1. The summed E-state index contributed by atoms with van der Waals surface area (Å²) in [5.74, 6) is -0.582. The summed E-state index contributed by atoms with van der Waals surface area (Å²) in [5.41, 5.74) is 2.59. The van der Waals surface area contributed by atoms with Crippen LogP contribution in [0, 0.1) is 10.1 Å². The van der Waals surface area contributed by atoms with E-state index in [1.807, 2.05) is 60.7 Å². The molecule has 1 heterocycles. The van der Waals surface area contributed by atoms with Crippen molar-refractivity contribution in [2.24, 2.45) is 0 Å². The van der Waals surface area contributed by atoms with Gasteiger partial charge >= 0.3 is 0 Å². The fourth-order valence-corrected chi connectivity index (χ4v) is 3.98. The number of para-hydroxylation sites is 2. The number of H-pyrrole nitrogens is 1. The van der Waals surface area contributed by atoms with E-state index in [1.54, 1.807) is 25.4 Å². The van der Waals surface area contributed by atoms with Gasteiger partial charge < -0.3 is 15.2 Å². The van der Waals surface area contributed by atoms with E-state index in [2.05, 4.69) is 10.3 Å². The number of benzene rings is 3. The van der Waals surface area contributed by atoms with Crippen LogP contribution in [0.25, 0.3) is 10.9 Å². The molecule has 0 bridgehead atoms. The van der Waals surface area contributed by atoms with E-state index >= 15 is 0 Å². The molecule has 1 atom stereocenters. The fourth-order valence-electron chi connectivity index (χ4n) is 3.98. The Morgan fingerprint density at radius 2 is 1.68 bits per heavy atom. The maximum Gasteiger partial charge on any atom is 0.293 e. The maximum absolute atomic E-state index is 13.3. The number of amides is 2. The number of non-ortho nitro benzene ring substituents is 1. The van der Waals surface area contributed by atoms with Crippen molar-refractivity contribution < 1.29 is 14.5 Å². The van der Waals surface area contributed by atoms with Gasteiger partial charge in [0.1, 0.15) is 11.6 Å². The Hall–Kier alpha value is -4.46. The highest BCUT2D eigenvalue weighted by Crippen LogP contribution is 2.27. The molecule has 0 aliphatic heterocycles. The molecule has 0 aliphatic rings. The number of carbonyl (C=O) groups excluding carboxylic acids is 2. The van der Waals surface area contributed by atoms with Crippen LogP contribution in [-0.2, 0) is 22.4 Å². The number of hydrogen-bond donors (Lipinski definition) is 2. The lowest BCUT2D eigenvalue weighted by Gasteiger charge is -2.25. The Morgan fingerprint density at radius 3 is 2.35 bits per heavy atom. The van der Waals surface area contributed by atoms with Crippen LogP contribution in [-0.4, -0.2) is 34.8 Å². The van der Waals surface area contributed by atoms with Crippen LogP contribution in [0.15, 0.2) is 85.1 Å². The largest absolute Gasteiger partial charge is 0.355 e. The Bertz CT molecular complexity index is 1320. The van der Waals surface area contributed by atoms with E-state index in [9.17, 15) is 19.7 Å². The predicted molar refractivity (Wildman–Crippen MR) is 131 cm³/mol. The number of nitro groups is 1. The first-order chi connectivity index (χ1) is 16.4. The lowest BCUT2D eigenvalue weighted by atomic mass is 10.0. The Morgan fingerprint density at radius 1 is 1.00 bits per heavy atom. The minimum atomic E-state index is -0.778. The maximum atomic E-state index is 13.3. The Balaban J connectivity index is 1.55. The molecule has 2 amide bonds. The van der Waals surface area contributed by atoms with Crippen molar-refractivity contribution in [3.05, 3.63) is 106 Å². The van der Waals surface area contributed by atoms with Crippen molar-refractivity contribution >= 4 is 34.1 Å². The molecule has 2 N–H and O–H groups in total. The number of nitrogens with one attached hydrogen (secondary N) is 2. The number of aromatic nitrogens is 1. The van der Waals surface area contributed by atoms with Gasteiger partial charge in [0.15, 0.2) is 0 Å². The minimum absolute atomic E-state index is 0.0191. The van der Waals surface area contributed by atoms with E-state index in [1.165, 1.54) is 11.0 Å². The summed E-state index contributed by atoms with van der Waals surface area (Å²) in [6, 6.07) is 22.7. The standard InChI is InChI=1S/C26H24N4O4/c1-29(20-11-6-3-7-12-20)26(32)22(15-18-9-4-2-5-10-18)28-24(31)16-19-17-27-25-21(19)13-8-14-23(25)30(33)34/h2-14,17,22,27H,15-16H2,1H3,(H,28,31). The van der Waals surface area contributed by atoms with Gasteiger partial charge in [-0.2, -0.15) is 0 Å². The van der Waals surface area contributed by atoms with Crippen LogP contribution in [0.5, 0.6) is 0 Å². The van der Waals surface area contributed by atoms with Crippen LogP contribution in [0.3, 0.4) is 0 Å². The van der Waals surface area contributed by atoms with Crippen LogP contribution >= 0.6 is 0 Å². The molecule has 4 aromatic rings. The third kappa shape index (κ3) is 4.96. The number of fused-ring (bicyclic) bond motifs is 1. The van der Waals surface area contributed by atoms with Crippen LogP contribution in [0.2, 0.25) is 0 Å². The highest BCUT2D eigenvalue weighted by atomic mass is 16.6. The number of nitro benzene ring substituents is 1. The van der Waals surface area contributed by atoms with Crippen molar-refractivity contribution in [3.8, 4) is 0 Å². The summed E-state index contributed by atoms with van der Waals surface area (Å²) in [6.07, 6.45) is 1.91. The van der Waals surface area contributed by atoms with E-state index in [-0.39, 0.29) is 23.9 Å². The number of aromatic amines is 1. The van der Waals surface area contributed by atoms with Gasteiger partial charge in [0.25, 0.3) is 5.69 Å². The SMILES string of the molecule is CN(C(=O)C(Cc1ccccc1)NC(=O)Cc1c[nH]c2c([N+](=O)[O-])cccc12)c1ccccc1. The van der Waals surface area contributed by atoms with E-state index in [0.717, 1.165) is 11.3 Å². The van der Waals surface area contributed by atoms with E-state index in [4.69, 9.17) is 0 Å². The molecule has 0 radical (unpaired) electrons. The summed E-state index contributed by atoms with van der Waals surface area (Å²) in [4.78, 5) is 41.6. The molecule has 172 valence electrons. The van der Waals surface area contributed by atoms with Crippen molar-refractivity contribution in [1.82, 2.24) is 10.3 Å². The molecule has 0 fully saturated rings. The topological polar surface area (TPSA) is 108 Å². The highest BCUT2D eigenvalue weighted by molar-refractivity contribution is 6.00. The van der Waals surface area contributed by atoms with Crippen LogP contribution < -0.4 is 10.2 Å². The second kappa shape index (κ2) is 9.99. The van der Waals surface area contributed by atoms with Crippen molar-refractivity contribution in [2.75, 3.05) is 11.9 Å². The van der Waals surface area contributed by atoms with Gasteiger partial charge in [0, 0.05) is 36.8 Å². The summed E-state index contributed by atoms with van der Waals surface area (Å²) in [6.45, 7) is 0. The van der Waals surface area contributed by atoms with Gasteiger partial charge in [0.05, 0.1) is 11.3 Å². The average Bonchev–Trinajstić information content (AvgIpc) is 3.26. The molecule has 0 saturated carbocycles. The van der Waals surface area contributed by atoms with E-state index in [0.29, 0.717) is 22.9 Å². The van der Waals surface area contributed by atoms with Gasteiger partial charge in [-0.15, -0.1) is 0 Å². The Kier molecular flexibility index (Phi) is 6.68. The molecule has 8 nitrogen and oxygen atoms in total. The minimum Gasteiger partial charge on any atom is -0.355 e. The zero-order valence-electron chi connectivity index (χ0n) is 18.6. The summed E-state index contributed by atoms with van der Waals surface area (Å²) in [7, 11) is 1.68. The fraction of sp³-hybridized carbons (Fsp3) is 0.154. The summed E-state index contributed by atoms with van der Waals surface area (Å²) in [5, 5.41) is 14.8.